The third-order valence-electron chi connectivity index (χ3n) is 3.51. The number of fused-ring (bicyclic) bond motifs is 1. The molecule has 0 aromatic carbocycles. The van der Waals surface area contributed by atoms with Gasteiger partial charge in [-0.1, -0.05) is 11.6 Å². The van der Waals surface area contributed by atoms with Crippen LogP contribution in [-0.4, -0.2) is 49.6 Å². The van der Waals surface area contributed by atoms with E-state index in [9.17, 15) is 18.0 Å². The summed E-state index contributed by atoms with van der Waals surface area (Å²) >= 11 is 5.97. The molecule has 142 valence electrons. The zero-order chi connectivity index (χ0) is 19.6. The summed E-state index contributed by atoms with van der Waals surface area (Å²) in [7, 11) is 0. The van der Waals surface area contributed by atoms with Crippen LogP contribution in [0.15, 0.2) is 24.8 Å². The molecule has 1 atom stereocenters. The Morgan fingerprint density at radius 2 is 2.11 bits per heavy atom. The summed E-state index contributed by atoms with van der Waals surface area (Å²) in [5, 5.41) is 5.56. The van der Waals surface area contributed by atoms with Crippen LogP contribution in [0.2, 0.25) is 5.02 Å². The summed E-state index contributed by atoms with van der Waals surface area (Å²) < 4.78 is 36.6. The summed E-state index contributed by atoms with van der Waals surface area (Å²) in [5.41, 5.74) is 1.20. The van der Waals surface area contributed by atoms with Crippen LogP contribution in [0.25, 0.3) is 22.4 Å². The van der Waals surface area contributed by atoms with Gasteiger partial charge in [0.1, 0.15) is 24.6 Å². The predicted molar refractivity (Wildman–Crippen MR) is 92.1 cm³/mol. The van der Waals surface area contributed by atoms with Crippen molar-refractivity contribution in [3.8, 4) is 11.4 Å². The molecule has 0 unspecified atom stereocenters. The minimum atomic E-state index is -4.49. The zero-order valence-corrected chi connectivity index (χ0v) is 14.6. The second-order valence-electron chi connectivity index (χ2n) is 5.58. The van der Waals surface area contributed by atoms with Crippen molar-refractivity contribution < 1.29 is 18.0 Å². The first-order valence-electron chi connectivity index (χ1n) is 7.66. The molecular formula is C15H13ClF3N7O. The largest absolute Gasteiger partial charge is 0.405 e. The fourth-order valence-electron chi connectivity index (χ4n) is 2.26. The Balaban J connectivity index is 1.77. The van der Waals surface area contributed by atoms with Crippen molar-refractivity contribution in [1.29, 1.82) is 0 Å². The number of nitrogens with zero attached hydrogens (tertiary/aromatic N) is 4. The molecule has 27 heavy (non-hydrogen) atoms. The van der Waals surface area contributed by atoms with Gasteiger partial charge >= 0.3 is 6.18 Å². The Labute approximate surface area is 155 Å². The van der Waals surface area contributed by atoms with Crippen LogP contribution in [0.5, 0.6) is 0 Å². The summed E-state index contributed by atoms with van der Waals surface area (Å²) in [4.78, 5) is 31.0. The quantitative estimate of drug-likeness (QED) is 0.608. The number of carbonyl (C=O) groups excluding carboxylic acids is 1. The number of hydrogen-bond acceptors (Lipinski definition) is 6. The normalized spacial score (nSPS) is 12.8. The lowest BCUT2D eigenvalue weighted by Gasteiger charge is -2.15. The van der Waals surface area contributed by atoms with E-state index in [1.165, 1.54) is 19.4 Å². The monoisotopic (exact) mass is 399 g/mol. The molecule has 0 saturated heterocycles. The standard InChI is InChI=1S/C15H13ClF3N7O/c1-7(13(27)22-5-15(17,18)19)25-14-24-6-23-12(26-14)10-4-21-11-9(10)2-8(16)3-20-11/h2-4,6-7H,5H2,1H3,(H,20,21)(H,22,27)(H,23,24,25,26)/t7-/m1/s1. The highest BCUT2D eigenvalue weighted by Gasteiger charge is 2.28. The van der Waals surface area contributed by atoms with Crippen LogP contribution in [0.3, 0.4) is 0 Å². The molecule has 12 heteroatoms. The summed E-state index contributed by atoms with van der Waals surface area (Å²) in [6, 6.07) is 0.710. The fourth-order valence-corrected chi connectivity index (χ4v) is 2.42. The van der Waals surface area contributed by atoms with Gasteiger partial charge in [0.05, 0.1) is 5.02 Å². The minimum absolute atomic E-state index is 0.0407. The first kappa shape index (κ1) is 18.8. The first-order valence-corrected chi connectivity index (χ1v) is 8.04. The van der Waals surface area contributed by atoms with E-state index >= 15 is 0 Å². The van der Waals surface area contributed by atoms with Crippen LogP contribution in [-0.2, 0) is 4.79 Å². The lowest BCUT2D eigenvalue weighted by Crippen LogP contribution is -2.42. The molecule has 0 spiro atoms. The van der Waals surface area contributed by atoms with Crippen molar-refractivity contribution in [1.82, 2.24) is 30.2 Å². The van der Waals surface area contributed by atoms with Gasteiger partial charge in [-0.2, -0.15) is 18.2 Å². The van der Waals surface area contributed by atoms with Gasteiger partial charge in [-0.15, -0.1) is 0 Å². The van der Waals surface area contributed by atoms with Crippen molar-refractivity contribution in [2.24, 2.45) is 0 Å². The summed E-state index contributed by atoms with van der Waals surface area (Å²) in [6.45, 7) is -0.0199. The molecular weight excluding hydrogens is 387 g/mol. The fraction of sp³-hybridized carbons (Fsp3) is 0.267. The number of anilines is 1. The highest BCUT2D eigenvalue weighted by Crippen LogP contribution is 2.27. The molecule has 1 amide bonds. The summed E-state index contributed by atoms with van der Waals surface area (Å²) in [5.74, 6) is -0.512. The first-order chi connectivity index (χ1) is 12.7. The molecule has 0 aliphatic rings. The number of alkyl halides is 3. The Bertz CT molecular complexity index is 975. The maximum Gasteiger partial charge on any atom is 0.405 e. The lowest BCUT2D eigenvalue weighted by molar-refractivity contribution is -0.138. The van der Waals surface area contributed by atoms with Crippen molar-refractivity contribution >= 4 is 34.5 Å². The molecule has 0 saturated carbocycles. The Morgan fingerprint density at radius 3 is 2.85 bits per heavy atom. The second kappa shape index (κ2) is 7.35. The van der Waals surface area contributed by atoms with Crippen LogP contribution >= 0.6 is 11.6 Å². The van der Waals surface area contributed by atoms with E-state index in [2.05, 4.69) is 30.2 Å². The Hall–Kier alpha value is -2.95. The maximum atomic E-state index is 12.2. The van der Waals surface area contributed by atoms with E-state index in [1.807, 2.05) is 0 Å². The SMILES string of the molecule is C[C@@H](Nc1ncnc(-c2c[nH]c3ncc(Cl)cc23)n1)C(=O)NCC(F)(F)F. The van der Waals surface area contributed by atoms with Crippen LogP contribution < -0.4 is 10.6 Å². The molecule has 3 N–H and O–H groups in total. The van der Waals surface area contributed by atoms with Crippen molar-refractivity contribution in [2.75, 3.05) is 11.9 Å². The number of amides is 1. The summed E-state index contributed by atoms with van der Waals surface area (Å²) in [6.07, 6.45) is -0.124. The number of carbonyl (C=O) groups is 1. The van der Waals surface area contributed by atoms with Gasteiger partial charge in [0.15, 0.2) is 5.82 Å². The third-order valence-corrected chi connectivity index (χ3v) is 3.72. The number of H-pyrrole nitrogens is 1. The van der Waals surface area contributed by atoms with Crippen molar-refractivity contribution in [3.63, 3.8) is 0 Å². The second-order valence-corrected chi connectivity index (χ2v) is 6.02. The smallest absolute Gasteiger partial charge is 0.345 e. The van der Waals surface area contributed by atoms with Gasteiger partial charge in [0.2, 0.25) is 11.9 Å². The predicted octanol–water partition coefficient (Wildman–Crippen LogP) is 2.55. The average molecular weight is 400 g/mol. The van der Waals surface area contributed by atoms with E-state index in [-0.39, 0.29) is 11.8 Å². The minimum Gasteiger partial charge on any atom is -0.345 e. The van der Waals surface area contributed by atoms with Crippen LogP contribution in [0.1, 0.15) is 6.92 Å². The molecule has 3 heterocycles. The van der Waals surface area contributed by atoms with Gasteiger partial charge < -0.3 is 15.6 Å². The number of hydrogen-bond donors (Lipinski definition) is 3. The molecule has 0 aliphatic carbocycles. The molecule has 3 rings (SSSR count). The van der Waals surface area contributed by atoms with Gasteiger partial charge in [0, 0.05) is 23.3 Å². The number of pyridine rings is 1. The molecule has 3 aromatic rings. The molecule has 0 bridgehead atoms. The van der Waals surface area contributed by atoms with Crippen molar-refractivity contribution in [3.05, 3.63) is 29.8 Å². The van der Waals surface area contributed by atoms with E-state index in [0.717, 1.165) is 0 Å². The third kappa shape index (κ3) is 4.61. The van der Waals surface area contributed by atoms with Gasteiger partial charge in [0.25, 0.3) is 0 Å². The molecule has 0 aliphatic heterocycles. The number of nitrogens with one attached hydrogen (secondary N) is 3. The number of rotatable bonds is 5. The van der Waals surface area contributed by atoms with Gasteiger partial charge in [-0.25, -0.2) is 15.0 Å². The lowest BCUT2D eigenvalue weighted by atomic mass is 10.2. The topological polar surface area (TPSA) is 108 Å². The molecule has 0 radical (unpaired) electrons. The van der Waals surface area contributed by atoms with E-state index in [1.54, 1.807) is 17.6 Å². The Morgan fingerprint density at radius 1 is 1.33 bits per heavy atom. The molecule has 3 aromatic heterocycles. The van der Waals surface area contributed by atoms with Crippen LogP contribution in [0.4, 0.5) is 19.1 Å². The molecule has 8 nitrogen and oxygen atoms in total. The average Bonchev–Trinajstić information content (AvgIpc) is 3.02. The highest BCUT2D eigenvalue weighted by molar-refractivity contribution is 6.31. The number of aromatic amines is 1. The maximum absolute atomic E-state index is 12.2. The number of halogens is 4. The van der Waals surface area contributed by atoms with E-state index in [4.69, 9.17) is 11.6 Å². The van der Waals surface area contributed by atoms with Gasteiger partial charge in [-0.05, 0) is 13.0 Å². The highest BCUT2D eigenvalue weighted by atomic mass is 35.5. The molecule has 0 fully saturated rings. The Kier molecular flexibility index (Phi) is 5.13. The van der Waals surface area contributed by atoms with Gasteiger partial charge in [-0.3, -0.25) is 4.79 Å². The number of aromatic nitrogens is 5. The van der Waals surface area contributed by atoms with Crippen molar-refractivity contribution in [2.45, 2.75) is 19.1 Å². The van der Waals surface area contributed by atoms with Crippen LogP contribution in [0, 0.1) is 0 Å². The zero-order valence-electron chi connectivity index (χ0n) is 13.8. The van der Waals surface area contributed by atoms with E-state index in [0.29, 0.717) is 21.6 Å². The van der Waals surface area contributed by atoms with E-state index < -0.39 is 24.7 Å².